The molecule has 31 heavy (non-hydrogen) atoms. The van der Waals surface area contributed by atoms with E-state index in [4.69, 9.17) is 0 Å². The molecule has 0 aliphatic rings. The molecule has 1 aromatic heterocycles. The third kappa shape index (κ3) is 4.15. The zero-order valence-electron chi connectivity index (χ0n) is 17.9. The highest BCUT2D eigenvalue weighted by molar-refractivity contribution is 6.02. The van der Waals surface area contributed by atoms with Crippen LogP contribution in [0.15, 0.2) is 79.0 Å². The lowest BCUT2D eigenvalue weighted by atomic mass is 9.92. The molecule has 0 saturated carbocycles. The highest BCUT2D eigenvalue weighted by atomic mass is 19.3. The van der Waals surface area contributed by atoms with E-state index in [0.29, 0.717) is 11.5 Å². The molecule has 4 rings (SSSR count). The summed E-state index contributed by atoms with van der Waals surface area (Å²) in [6.45, 7) is 5.19. The van der Waals surface area contributed by atoms with Gasteiger partial charge in [-0.05, 0) is 28.7 Å². The maximum Gasteiger partial charge on any atom is 0.270 e. The van der Waals surface area contributed by atoms with Crippen LogP contribution in [-0.4, -0.2) is 10.5 Å². The summed E-state index contributed by atoms with van der Waals surface area (Å²) in [6, 6.07) is 22.1. The van der Waals surface area contributed by atoms with E-state index < -0.39 is 5.92 Å². The number of halogens is 2. The molecule has 3 aromatic carbocycles. The normalized spacial score (nSPS) is 11.9. The van der Waals surface area contributed by atoms with Crippen LogP contribution in [0.3, 0.4) is 0 Å². The van der Waals surface area contributed by atoms with E-state index in [2.05, 4.69) is 26.0 Å². The molecule has 0 fully saturated rings. The van der Waals surface area contributed by atoms with Crippen molar-refractivity contribution in [1.82, 2.24) is 4.57 Å². The van der Waals surface area contributed by atoms with Crippen LogP contribution in [0.5, 0.6) is 0 Å². The summed E-state index contributed by atoms with van der Waals surface area (Å²) in [5, 5.41) is 1.02. The molecule has 0 aliphatic heterocycles. The van der Waals surface area contributed by atoms with Crippen molar-refractivity contribution in [3.05, 3.63) is 95.7 Å². The van der Waals surface area contributed by atoms with Crippen molar-refractivity contribution < 1.29 is 13.6 Å². The van der Waals surface area contributed by atoms with Crippen molar-refractivity contribution in [2.24, 2.45) is 0 Å². The zero-order chi connectivity index (χ0) is 22.2. The molecule has 0 bridgehead atoms. The molecule has 0 amide bonds. The summed E-state index contributed by atoms with van der Waals surface area (Å²) in [6.07, 6.45) is 2.04. The summed E-state index contributed by atoms with van der Waals surface area (Å²) in [5.41, 5.74) is 4.87. The Balaban J connectivity index is 1.73. The number of hydrogen-bond acceptors (Lipinski definition) is 1. The first-order chi connectivity index (χ1) is 14.8. The Morgan fingerprint density at radius 1 is 0.903 bits per heavy atom. The van der Waals surface area contributed by atoms with Gasteiger partial charge in [-0.1, -0.05) is 80.6 Å². The predicted octanol–water partition coefficient (Wildman–Crippen LogP) is 7.43. The highest BCUT2D eigenvalue weighted by Gasteiger charge is 2.24. The van der Waals surface area contributed by atoms with Crippen LogP contribution in [0, 0.1) is 0 Å². The minimum Gasteiger partial charge on any atom is -0.286 e. The Morgan fingerprint density at radius 2 is 1.55 bits per heavy atom. The van der Waals surface area contributed by atoms with Crippen LogP contribution in [0.25, 0.3) is 22.0 Å². The summed E-state index contributed by atoms with van der Waals surface area (Å²) in [4.78, 5) is 13.2. The third-order valence-corrected chi connectivity index (χ3v) is 5.67. The Hall–Kier alpha value is -3.27. The number of fused-ring (bicyclic) bond motifs is 1. The summed E-state index contributed by atoms with van der Waals surface area (Å²) >= 11 is 0. The van der Waals surface area contributed by atoms with E-state index in [1.54, 1.807) is 16.7 Å². The Bertz CT molecular complexity index is 1230. The lowest BCUT2D eigenvalue weighted by Gasteiger charge is -2.12. The maximum atomic E-state index is 13.5. The Morgan fingerprint density at radius 3 is 2.23 bits per heavy atom. The van der Waals surface area contributed by atoms with Crippen molar-refractivity contribution >= 4 is 16.8 Å². The molecule has 0 radical (unpaired) electrons. The first-order valence-corrected chi connectivity index (χ1v) is 10.5. The van der Waals surface area contributed by atoms with Gasteiger partial charge < -0.3 is 0 Å². The van der Waals surface area contributed by atoms with Gasteiger partial charge in [0.25, 0.3) is 5.92 Å². The summed E-state index contributed by atoms with van der Waals surface area (Å²) in [7, 11) is 0. The minimum atomic E-state index is -2.89. The molecule has 0 atom stereocenters. The molecule has 0 spiro atoms. The van der Waals surface area contributed by atoms with Gasteiger partial charge in [0.05, 0.1) is 11.9 Å². The molecule has 0 saturated heterocycles. The van der Waals surface area contributed by atoms with Crippen molar-refractivity contribution in [2.75, 3.05) is 0 Å². The first-order valence-electron chi connectivity index (χ1n) is 10.5. The largest absolute Gasteiger partial charge is 0.286 e. The standard InChI is InChI=1S/C27H25F2NO/c1-18(2)21-8-4-5-9-22(21)24-17-30(25-11-7-6-10-23(24)25)26(31)16-19-12-14-20(15-13-19)27(3,28)29/h4-15,17-18H,16H2,1-3H3. The van der Waals surface area contributed by atoms with Gasteiger partial charge in [0.15, 0.2) is 0 Å². The monoisotopic (exact) mass is 417 g/mol. The van der Waals surface area contributed by atoms with E-state index in [-0.39, 0.29) is 17.9 Å². The SMILES string of the molecule is CC(C)c1ccccc1-c1cn(C(=O)Cc2ccc(C(C)(F)F)cc2)c2ccccc12. The molecule has 2 nitrogen and oxygen atoms in total. The quantitative estimate of drug-likeness (QED) is 0.331. The van der Waals surface area contributed by atoms with Gasteiger partial charge in [0, 0.05) is 29.6 Å². The fourth-order valence-electron chi connectivity index (χ4n) is 4.02. The molecule has 4 heteroatoms. The average molecular weight is 417 g/mol. The first kappa shape index (κ1) is 21.0. The smallest absolute Gasteiger partial charge is 0.270 e. The Kier molecular flexibility index (Phi) is 5.48. The van der Waals surface area contributed by atoms with Gasteiger partial charge in [-0.25, -0.2) is 8.78 Å². The van der Waals surface area contributed by atoms with E-state index in [9.17, 15) is 13.6 Å². The second-order valence-corrected chi connectivity index (χ2v) is 8.33. The number of carbonyl (C=O) groups excluding carboxylic acids is 1. The fourth-order valence-corrected chi connectivity index (χ4v) is 4.02. The summed E-state index contributed by atoms with van der Waals surface area (Å²) < 4.78 is 28.6. The van der Waals surface area contributed by atoms with Crippen LogP contribution in [0.2, 0.25) is 0 Å². The molecular formula is C27H25F2NO. The predicted molar refractivity (Wildman–Crippen MR) is 122 cm³/mol. The number of nitrogens with zero attached hydrogens (tertiary/aromatic N) is 1. The molecular weight excluding hydrogens is 392 g/mol. The van der Waals surface area contributed by atoms with Gasteiger partial charge >= 0.3 is 0 Å². The van der Waals surface area contributed by atoms with Crippen molar-refractivity contribution in [1.29, 1.82) is 0 Å². The second kappa shape index (κ2) is 8.10. The lowest BCUT2D eigenvalue weighted by Crippen LogP contribution is -2.13. The zero-order valence-corrected chi connectivity index (χ0v) is 17.9. The Labute approximate surface area is 181 Å². The molecule has 0 unspecified atom stereocenters. The van der Waals surface area contributed by atoms with Gasteiger partial charge in [0.1, 0.15) is 0 Å². The molecule has 158 valence electrons. The van der Waals surface area contributed by atoms with E-state index in [1.807, 2.05) is 42.6 Å². The van der Waals surface area contributed by atoms with Crippen LogP contribution in [0.1, 0.15) is 48.2 Å². The molecule has 0 N–H and O–H groups in total. The van der Waals surface area contributed by atoms with Gasteiger partial charge in [-0.15, -0.1) is 0 Å². The number of hydrogen-bond donors (Lipinski definition) is 0. The van der Waals surface area contributed by atoms with Crippen LogP contribution >= 0.6 is 0 Å². The molecule has 4 aromatic rings. The third-order valence-electron chi connectivity index (χ3n) is 5.67. The van der Waals surface area contributed by atoms with Gasteiger partial charge in [-0.2, -0.15) is 0 Å². The van der Waals surface area contributed by atoms with Crippen molar-refractivity contribution in [2.45, 2.75) is 39.0 Å². The highest BCUT2D eigenvalue weighted by Crippen LogP contribution is 2.35. The van der Waals surface area contributed by atoms with Crippen molar-refractivity contribution in [3.8, 4) is 11.1 Å². The lowest BCUT2D eigenvalue weighted by molar-refractivity contribution is 0.0174. The van der Waals surface area contributed by atoms with Crippen LogP contribution in [0.4, 0.5) is 8.78 Å². The number of para-hydroxylation sites is 1. The minimum absolute atomic E-state index is 0.0531. The summed E-state index contributed by atoms with van der Waals surface area (Å²) in [5.74, 6) is -2.64. The average Bonchev–Trinajstić information content (AvgIpc) is 3.13. The van der Waals surface area contributed by atoms with Gasteiger partial charge in [-0.3, -0.25) is 9.36 Å². The van der Waals surface area contributed by atoms with E-state index in [1.165, 1.54) is 17.7 Å². The molecule has 0 aliphatic carbocycles. The number of carbonyl (C=O) groups is 1. The number of benzene rings is 3. The second-order valence-electron chi connectivity index (χ2n) is 8.33. The number of aromatic nitrogens is 1. The topological polar surface area (TPSA) is 22.0 Å². The van der Waals surface area contributed by atoms with E-state index in [0.717, 1.165) is 29.0 Å². The molecule has 1 heterocycles. The van der Waals surface area contributed by atoms with Gasteiger partial charge in [0.2, 0.25) is 5.91 Å². The van der Waals surface area contributed by atoms with Crippen molar-refractivity contribution in [3.63, 3.8) is 0 Å². The number of alkyl halides is 2. The maximum absolute atomic E-state index is 13.5. The number of rotatable bonds is 5. The van der Waals surface area contributed by atoms with Crippen LogP contribution in [-0.2, 0) is 12.3 Å². The van der Waals surface area contributed by atoms with E-state index >= 15 is 0 Å². The van der Waals surface area contributed by atoms with Crippen LogP contribution < -0.4 is 0 Å². The fraction of sp³-hybridized carbons (Fsp3) is 0.222.